The zero-order valence-electron chi connectivity index (χ0n) is 16.2. The van der Waals surface area contributed by atoms with E-state index in [2.05, 4.69) is 10.00 Å². The first-order valence-corrected chi connectivity index (χ1v) is 10.5. The number of aromatic nitrogens is 2. The predicted molar refractivity (Wildman–Crippen MR) is 112 cm³/mol. The Morgan fingerprint density at radius 2 is 1.83 bits per heavy atom. The number of carbonyl (C=O) groups is 1. The lowest BCUT2D eigenvalue weighted by Gasteiger charge is -2.34. The van der Waals surface area contributed by atoms with E-state index in [1.807, 2.05) is 0 Å². The fraction of sp³-hybridized carbons (Fsp3) is 0.476. The molecule has 1 amide bonds. The standard InChI is InChI=1S/C21H25ClN4O3/c22-16-5-3-15(4-6-16)21(29)25-9-1-2-17(14-25)26-20(28)12-18(13-23-26)24-10-7-19(27)8-11-24/h3-6,12-13,17,19,27H,1-2,7-11,14H2/t17-/m0/s1. The Labute approximate surface area is 174 Å². The fourth-order valence-corrected chi connectivity index (χ4v) is 4.22. The zero-order chi connectivity index (χ0) is 20.4. The van der Waals surface area contributed by atoms with Crippen LogP contribution >= 0.6 is 11.6 Å². The van der Waals surface area contributed by atoms with Gasteiger partial charge in [0, 0.05) is 42.8 Å². The van der Waals surface area contributed by atoms with Crippen molar-refractivity contribution in [2.45, 2.75) is 37.8 Å². The van der Waals surface area contributed by atoms with Crippen molar-refractivity contribution in [3.05, 3.63) is 57.5 Å². The monoisotopic (exact) mass is 416 g/mol. The van der Waals surface area contributed by atoms with E-state index in [-0.39, 0.29) is 23.6 Å². The predicted octanol–water partition coefficient (Wildman–Crippen LogP) is 2.34. The summed E-state index contributed by atoms with van der Waals surface area (Å²) in [5.74, 6) is -0.0529. The maximum absolute atomic E-state index is 12.8. The van der Waals surface area contributed by atoms with Gasteiger partial charge in [0.1, 0.15) is 0 Å². The van der Waals surface area contributed by atoms with Gasteiger partial charge in [0.05, 0.1) is 24.0 Å². The van der Waals surface area contributed by atoms with E-state index in [1.54, 1.807) is 41.4 Å². The molecule has 2 aromatic rings. The molecule has 1 N–H and O–H groups in total. The van der Waals surface area contributed by atoms with Gasteiger partial charge in [0.15, 0.2) is 0 Å². The summed E-state index contributed by atoms with van der Waals surface area (Å²) in [5, 5.41) is 14.7. The number of hydrogen-bond acceptors (Lipinski definition) is 5. The summed E-state index contributed by atoms with van der Waals surface area (Å²) >= 11 is 5.91. The summed E-state index contributed by atoms with van der Waals surface area (Å²) in [4.78, 5) is 29.4. The van der Waals surface area contributed by atoms with Crippen molar-refractivity contribution in [1.29, 1.82) is 0 Å². The molecule has 29 heavy (non-hydrogen) atoms. The summed E-state index contributed by atoms with van der Waals surface area (Å²) in [6.45, 7) is 2.57. The van der Waals surface area contributed by atoms with Gasteiger partial charge >= 0.3 is 0 Å². The Kier molecular flexibility index (Phi) is 5.87. The van der Waals surface area contributed by atoms with Crippen molar-refractivity contribution in [2.75, 3.05) is 31.1 Å². The molecular weight excluding hydrogens is 392 g/mol. The number of halogens is 1. The van der Waals surface area contributed by atoms with Crippen LogP contribution in [-0.2, 0) is 0 Å². The minimum absolute atomic E-state index is 0.0529. The Morgan fingerprint density at radius 1 is 1.10 bits per heavy atom. The molecule has 1 aromatic heterocycles. The molecule has 0 spiro atoms. The van der Waals surface area contributed by atoms with Gasteiger partial charge in [-0.25, -0.2) is 4.68 Å². The summed E-state index contributed by atoms with van der Waals surface area (Å²) in [6, 6.07) is 8.35. The van der Waals surface area contributed by atoms with Crippen LogP contribution in [0, 0.1) is 0 Å². The lowest BCUT2D eigenvalue weighted by molar-refractivity contribution is 0.0670. The molecule has 3 heterocycles. The molecule has 154 valence electrons. The zero-order valence-corrected chi connectivity index (χ0v) is 17.0. The van der Waals surface area contributed by atoms with E-state index in [9.17, 15) is 14.7 Å². The molecule has 0 bridgehead atoms. The van der Waals surface area contributed by atoms with Gasteiger partial charge in [-0.1, -0.05) is 11.6 Å². The van der Waals surface area contributed by atoms with Crippen LogP contribution in [0.4, 0.5) is 5.69 Å². The third kappa shape index (κ3) is 4.46. The molecule has 7 nitrogen and oxygen atoms in total. The molecule has 4 rings (SSSR count). The van der Waals surface area contributed by atoms with E-state index in [0.29, 0.717) is 36.5 Å². The minimum atomic E-state index is -0.258. The summed E-state index contributed by atoms with van der Waals surface area (Å²) < 4.78 is 1.50. The van der Waals surface area contributed by atoms with Gasteiger partial charge in [0.25, 0.3) is 11.5 Å². The van der Waals surface area contributed by atoms with Gasteiger partial charge in [-0.05, 0) is 49.9 Å². The van der Waals surface area contributed by atoms with Crippen molar-refractivity contribution >= 4 is 23.2 Å². The molecule has 2 saturated heterocycles. The molecule has 0 saturated carbocycles. The first kappa shape index (κ1) is 19.9. The summed E-state index contributed by atoms with van der Waals surface area (Å²) in [7, 11) is 0. The largest absolute Gasteiger partial charge is 0.393 e. The molecule has 0 aliphatic carbocycles. The Morgan fingerprint density at radius 3 is 2.52 bits per heavy atom. The number of anilines is 1. The Balaban J connectivity index is 1.47. The highest BCUT2D eigenvalue weighted by Crippen LogP contribution is 2.23. The topological polar surface area (TPSA) is 78.7 Å². The van der Waals surface area contributed by atoms with Gasteiger partial charge in [0.2, 0.25) is 0 Å². The van der Waals surface area contributed by atoms with Crippen molar-refractivity contribution in [2.24, 2.45) is 0 Å². The molecule has 2 aliphatic rings. The van der Waals surface area contributed by atoms with Gasteiger partial charge in [-0.15, -0.1) is 0 Å². The number of amides is 1. The third-order valence-corrected chi connectivity index (χ3v) is 6.01. The normalized spacial score (nSPS) is 20.7. The second-order valence-corrected chi connectivity index (χ2v) is 8.21. The number of rotatable bonds is 3. The van der Waals surface area contributed by atoms with Crippen LogP contribution in [0.5, 0.6) is 0 Å². The van der Waals surface area contributed by atoms with Crippen molar-refractivity contribution < 1.29 is 9.90 Å². The lowest BCUT2D eigenvalue weighted by Crippen LogP contribution is -2.44. The van der Waals surface area contributed by atoms with Gasteiger partial charge in [-0.3, -0.25) is 9.59 Å². The lowest BCUT2D eigenvalue weighted by atomic mass is 10.0. The quantitative estimate of drug-likeness (QED) is 0.830. The third-order valence-electron chi connectivity index (χ3n) is 5.76. The Hall–Kier alpha value is -2.38. The first-order chi connectivity index (χ1) is 14.0. The van der Waals surface area contributed by atoms with Crippen molar-refractivity contribution in [1.82, 2.24) is 14.7 Å². The highest BCUT2D eigenvalue weighted by molar-refractivity contribution is 6.30. The van der Waals surface area contributed by atoms with Crippen LogP contribution in [0.25, 0.3) is 0 Å². The number of nitrogens with zero attached hydrogens (tertiary/aromatic N) is 4. The molecule has 0 radical (unpaired) electrons. The average molecular weight is 417 g/mol. The van der Waals surface area contributed by atoms with Crippen LogP contribution in [-0.4, -0.2) is 58.0 Å². The van der Waals surface area contributed by atoms with Gasteiger partial charge < -0.3 is 14.9 Å². The van der Waals surface area contributed by atoms with E-state index >= 15 is 0 Å². The van der Waals surface area contributed by atoms with Crippen LogP contribution in [0.3, 0.4) is 0 Å². The first-order valence-electron chi connectivity index (χ1n) is 10.1. The van der Waals surface area contributed by atoms with Crippen molar-refractivity contribution in [3.8, 4) is 0 Å². The molecular formula is C21H25ClN4O3. The summed E-state index contributed by atoms with van der Waals surface area (Å²) in [5.41, 5.74) is 1.24. The molecule has 2 fully saturated rings. The maximum Gasteiger partial charge on any atom is 0.269 e. The van der Waals surface area contributed by atoms with E-state index in [0.717, 1.165) is 31.6 Å². The van der Waals surface area contributed by atoms with E-state index in [4.69, 9.17) is 11.6 Å². The average Bonchev–Trinajstić information content (AvgIpc) is 2.74. The van der Waals surface area contributed by atoms with Crippen LogP contribution in [0.1, 0.15) is 42.1 Å². The number of likely N-dealkylation sites (tertiary alicyclic amines) is 1. The second-order valence-electron chi connectivity index (χ2n) is 7.77. The van der Waals surface area contributed by atoms with Crippen LogP contribution < -0.4 is 10.5 Å². The molecule has 0 unspecified atom stereocenters. The smallest absolute Gasteiger partial charge is 0.269 e. The molecule has 2 aliphatic heterocycles. The maximum atomic E-state index is 12.8. The van der Waals surface area contributed by atoms with Crippen molar-refractivity contribution in [3.63, 3.8) is 0 Å². The number of piperidine rings is 2. The fourth-order valence-electron chi connectivity index (χ4n) is 4.09. The number of aliphatic hydroxyl groups is 1. The highest BCUT2D eigenvalue weighted by atomic mass is 35.5. The number of benzene rings is 1. The number of aliphatic hydroxyl groups excluding tert-OH is 1. The van der Waals surface area contributed by atoms with Gasteiger partial charge in [-0.2, -0.15) is 5.10 Å². The van der Waals surface area contributed by atoms with E-state index in [1.165, 1.54) is 4.68 Å². The minimum Gasteiger partial charge on any atom is -0.393 e. The molecule has 1 aromatic carbocycles. The highest BCUT2D eigenvalue weighted by Gasteiger charge is 2.27. The van der Waals surface area contributed by atoms with E-state index < -0.39 is 0 Å². The number of carbonyl (C=O) groups excluding carboxylic acids is 1. The van der Waals surface area contributed by atoms with Crippen LogP contribution in [0.15, 0.2) is 41.3 Å². The summed E-state index contributed by atoms with van der Waals surface area (Å²) in [6.07, 6.45) is 4.50. The van der Waals surface area contributed by atoms with Crippen LogP contribution in [0.2, 0.25) is 5.02 Å². The molecule has 1 atom stereocenters. The SMILES string of the molecule is O=C(c1ccc(Cl)cc1)N1CCC[C@H](n2ncc(N3CCC(O)CC3)cc2=O)C1. The molecule has 8 heteroatoms. The second kappa shape index (κ2) is 8.55. The Bertz CT molecular complexity index is 922. The number of hydrogen-bond donors (Lipinski definition) is 1.